The predicted octanol–water partition coefficient (Wildman–Crippen LogP) is -7.68. The molecule has 0 radical (unpaired) electrons. The summed E-state index contributed by atoms with van der Waals surface area (Å²) in [6, 6.07) is 0. The van der Waals surface area contributed by atoms with Crippen molar-refractivity contribution in [2.45, 2.75) is 85.0 Å². The van der Waals surface area contributed by atoms with Gasteiger partial charge in [-0.1, -0.05) is 54.2 Å². The molecular weight excluding hydrogens is 502 g/mol. The standard InChI is InChI=1S/C21H38O6P2.4Na/c1-17(2)9-7-11-19(5)13-15-21(28(22,23)24,29(25,26)27)16-14-20(6)12-8-10-18(3)4;;;;/h9-10,13-14H,7-8,11-12,15-16H2,1-6H3,(H2,22,23,24)(H2,25,26,27);;;;/q;4*+1/p-3/b19-13+,20-14+;;;;. The summed E-state index contributed by atoms with van der Waals surface area (Å²) in [5.41, 5.74) is 3.81. The van der Waals surface area contributed by atoms with E-state index in [1.54, 1.807) is 13.8 Å². The van der Waals surface area contributed by atoms with E-state index in [0.717, 1.165) is 35.1 Å². The third-order valence-electron chi connectivity index (χ3n) is 4.77. The van der Waals surface area contributed by atoms with Gasteiger partial charge in [0.2, 0.25) is 0 Å². The Bertz CT molecular complexity index is 695. The normalized spacial score (nSPS) is 15.2. The molecule has 1 atom stereocenters. The monoisotopic (exact) mass is 537 g/mol. The van der Waals surface area contributed by atoms with Crippen molar-refractivity contribution in [2.75, 3.05) is 0 Å². The second-order valence-corrected chi connectivity index (χ2v) is 12.3. The van der Waals surface area contributed by atoms with Gasteiger partial charge in [-0.15, -0.1) is 0 Å². The van der Waals surface area contributed by atoms with E-state index in [1.165, 1.54) is 12.2 Å². The molecule has 0 bridgehead atoms. The van der Waals surface area contributed by atoms with Crippen LogP contribution in [0.25, 0.3) is 0 Å². The summed E-state index contributed by atoms with van der Waals surface area (Å²) in [4.78, 5) is 43.0. The van der Waals surface area contributed by atoms with Crippen molar-refractivity contribution in [1.82, 2.24) is 0 Å². The zero-order valence-electron chi connectivity index (χ0n) is 22.4. The molecule has 168 valence electrons. The van der Waals surface area contributed by atoms with Crippen LogP contribution in [-0.4, -0.2) is 9.79 Å². The van der Waals surface area contributed by atoms with E-state index in [4.69, 9.17) is 0 Å². The molecule has 0 aromatic carbocycles. The molecule has 0 rings (SSSR count). The van der Waals surface area contributed by atoms with Gasteiger partial charge in [0.1, 0.15) is 7.60 Å². The molecule has 0 saturated heterocycles. The molecule has 12 heteroatoms. The van der Waals surface area contributed by atoms with Gasteiger partial charge < -0.3 is 28.7 Å². The van der Waals surface area contributed by atoms with Gasteiger partial charge >= 0.3 is 118 Å². The minimum atomic E-state index is -5.66. The number of allylic oxidation sites excluding steroid dienone is 8. The smallest absolute Gasteiger partial charge is 0.810 e. The summed E-state index contributed by atoms with van der Waals surface area (Å²) >= 11 is 0. The van der Waals surface area contributed by atoms with Crippen LogP contribution in [0.15, 0.2) is 46.6 Å². The Hall–Kier alpha value is 3.26. The third kappa shape index (κ3) is 19.0. The molecule has 0 aliphatic heterocycles. The molecule has 0 aliphatic carbocycles. The summed E-state index contributed by atoms with van der Waals surface area (Å²) in [7, 11) is -11.1. The van der Waals surface area contributed by atoms with Crippen LogP contribution in [0.4, 0.5) is 0 Å². The summed E-state index contributed by atoms with van der Waals surface area (Å²) < 4.78 is 24.1. The fraction of sp³-hybridized carbons (Fsp3) is 0.619. The Kier molecular flexibility index (Phi) is 30.9. The van der Waals surface area contributed by atoms with Crippen molar-refractivity contribution in [2.24, 2.45) is 0 Å². The molecule has 1 unspecified atom stereocenters. The van der Waals surface area contributed by atoms with Gasteiger partial charge in [-0.05, 0) is 80.1 Å². The summed E-state index contributed by atoms with van der Waals surface area (Å²) in [6.07, 6.45) is 8.44. The largest absolute Gasteiger partial charge is 1.00 e. The van der Waals surface area contributed by atoms with E-state index < -0.39 is 32.9 Å². The van der Waals surface area contributed by atoms with Gasteiger partial charge in [0.25, 0.3) is 0 Å². The van der Waals surface area contributed by atoms with E-state index in [9.17, 15) is 28.7 Å². The van der Waals surface area contributed by atoms with Crippen molar-refractivity contribution in [3.8, 4) is 0 Å². The Balaban J connectivity index is -0.000000653. The van der Waals surface area contributed by atoms with E-state index in [0.29, 0.717) is 12.8 Å². The van der Waals surface area contributed by atoms with Crippen LogP contribution in [0.2, 0.25) is 0 Å². The zero-order chi connectivity index (χ0) is 22.9. The van der Waals surface area contributed by atoms with E-state index in [2.05, 4.69) is 0 Å². The van der Waals surface area contributed by atoms with E-state index in [1.807, 2.05) is 39.8 Å². The molecule has 0 aromatic heterocycles. The molecule has 6 nitrogen and oxygen atoms in total. The van der Waals surface area contributed by atoms with Crippen LogP contribution in [0.5, 0.6) is 0 Å². The van der Waals surface area contributed by atoms with Gasteiger partial charge in [0, 0.05) is 0 Å². The number of hydrogen-bond donors (Lipinski definition) is 1. The first kappa shape index (κ1) is 46.1. The first-order valence-electron chi connectivity index (χ1n) is 9.76. The topological polar surface area (TPSA) is 124 Å². The molecule has 0 amide bonds. The average molecular weight is 537 g/mol. The molecule has 33 heavy (non-hydrogen) atoms. The van der Waals surface area contributed by atoms with Gasteiger partial charge in [0.05, 0.1) is 4.90 Å². The van der Waals surface area contributed by atoms with Gasteiger partial charge in [-0.25, -0.2) is 0 Å². The average Bonchev–Trinajstić information content (AvgIpc) is 2.51. The fourth-order valence-corrected chi connectivity index (χ4v) is 5.26. The van der Waals surface area contributed by atoms with Crippen LogP contribution in [0, 0.1) is 0 Å². The van der Waals surface area contributed by atoms with E-state index in [-0.39, 0.29) is 118 Å². The molecule has 0 fully saturated rings. The summed E-state index contributed by atoms with van der Waals surface area (Å²) in [5, 5.41) is 0. The summed E-state index contributed by atoms with van der Waals surface area (Å²) in [5.74, 6) is 0. The first-order valence-corrected chi connectivity index (χ1v) is 12.9. The van der Waals surface area contributed by atoms with Crippen molar-refractivity contribution in [1.29, 1.82) is 0 Å². The number of rotatable bonds is 12. The third-order valence-corrected chi connectivity index (χ3v) is 9.07. The second kappa shape index (κ2) is 22.1. The Morgan fingerprint density at radius 2 is 1.00 bits per heavy atom. The van der Waals surface area contributed by atoms with Crippen molar-refractivity contribution >= 4 is 15.2 Å². The molecule has 0 aliphatic rings. The molecule has 0 heterocycles. The maximum atomic E-state index is 12.1. The Morgan fingerprint density at radius 3 is 1.21 bits per heavy atom. The minimum absolute atomic E-state index is 0. The van der Waals surface area contributed by atoms with Crippen molar-refractivity contribution in [3.05, 3.63) is 46.6 Å². The SMILES string of the molecule is CC(C)=CCC/C(C)=C/CC(C/C=C(\C)CCC=C(C)C)(P(=O)([O-])[O-])P(=O)([O-])O.[Na+].[Na+].[Na+].[Na+]. The molecule has 0 saturated carbocycles. The van der Waals surface area contributed by atoms with E-state index >= 15 is 0 Å². The fourth-order valence-electron chi connectivity index (χ4n) is 2.75. The van der Waals surface area contributed by atoms with Crippen LogP contribution in [0.3, 0.4) is 0 Å². The van der Waals surface area contributed by atoms with Crippen LogP contribution in [0.1, 0.15) is 80.1 Å². The van der Waals surface area contributed by atoms with Crippen molar-refractivity contribution < 1.29 is 147 Å². The molecule has 0 aromatic rings. The Morgan fingerprint density at radius 1 is 0.697 bits per heavy atom. The van der Waals surface area contributed by atoms with Crippen LogP contribution in [-0.2, 0) is 9.13 Å². The minimum Gasteiger partial charge on any atom is -0.810 e. The first-order chi connectivity index (χ1) is 13.1. The Labute approximate surface area is 289 Å². The maximum absolute atomic E-state index is 12.1. The molecular formula is C21H35Na4O6P2+. The molecule has 0 spiro atoms. The maximum Gasteiger partial charge on any atom is 1.00 e. The van der Waals surface area contributed by atoms with Gasteiger partial charge in [-0.3, -0.25) is 0 Å². The zero-order valence-corrected chi connectivity index (χ0v) is 32.2. The second-order valence-electron chi connectivity index (χ2n) is 8.15. The summed E-state index contributed by atoms with van der Waals surface area (Å²) in [6.45, 7) is 11.3. The van der Waals surface area contributed by atoms with Crippen LogP contribution < -0.4 is 133 Å². The quantitative estimate of drug-likeness (QED) is 0.150. The molecule has 1 N–H and O–H groups in total. The van der Waals surface area contributed by atoms with Crippen molar-refractivity contribution in [3.63, 3.8) is 0 Å². The number of hydrogen-bond acceptors (Lipinski definition) is 5. The van der Waals surface area contributed by atoms with Gasteiger partial charge in [0.15, 0.2) is 0 Å². The van der Waals surface area contributed by atoms with Crippen LogP contribution >= 0.6 is 15.2 Å². The van der Waals surface area contributed by atoms with Gasteiger partial charge in [-0.2, -0.15) is 0 Å². The predicted molar refractivity (Wildman–Crippen MR) is 114 cm³/mol.